The van der Waals surface area contributed by atoms with E-state index < -0.39 is 0 Å². The van der Waals surface area contributed by atoms with Crippen LogP contribution in [0.25, 0.3) is 0 Å². The van der Waals surface area contributed by atoms with Crippen LogP contribution in [-0.2, 0) is 9.59 Å². The molecule has 0 radical (unpaired) electrons. The van der Waals surface area contributed by atoms with Gasteiger partial charge in [-0.1, -0.05) is 17.7 Å². The Morgan fingerprint density at radius 1 is 1.25 bits per heavy atom. The zero-order chi connectivity index (χ0) is 17.1. The van der Waals surface area contributed by atoms with E-state index in [4.69, 9.17) is 22.1 Å². The van der Waals surface area contributed by atoms with E-state index in [0.717, 1.165) is 12.8 Å². The molecule has 6 heteroatoms. The highest BCUT2D eigenvalue weighted by Crippen LogP contribution is 2.34. The Kier molecular flexibility index (Phi) is 5.29. The molecule has 0 bridgehead atoms. The summed E-state index contributed by atoms with van der Waals surface area (Å²) in [6.07, 6.45) is 3.72. The molecule has 1 saturated heterocycles. The van der Waals surface area contributed by atoms with E-state index in [2.05, 4.69) is 0 Å². The van der Waals surface area contributed by atoms with Gasteiger partial charge in [0.05, 0.1) is 0 Å². The molecule has 2 amide bonds. The minimum Gasteiger partial charge on any atom is -0.490 e. The van der Waals surface area contributed by atoms with Gasteiger partial charge in [0.15, 0.2) is 0 Å². The van der Waals surface area contributed by atoms with Gasteiger partial charge >= 0.3 is 0 Å². The molecule has 130 valence electrons. The molecule has 2 aliphatic rings. The first-order valence-electron chi connectivity index (χ1n) is 8.49. The zero-order valence-corrected chi connectivity index (χ0v) is 14.4. The highest BCUT2D eigenvalue weighted by molar-refractivity contribution is 6.30. The molecule has 24 heavy (non-hydrogen) atoms. The number of nitrogens with zero attached hydrogens (tertiary/aromatic N) is 1. The number of carbonyl (C=O) groups excluding carboxylic acids is 2. The third kappa shape index (κ3) is 4.63. The Morgan fingerprint density at radius 3 is 2.71 bits per heavy atom. The summed E-state index contributed by atoms with van der Waals surface area (Å²) in [5, 5.41) is 0.607. The van der Waals surface area contributed by atoms with Crippen LogP contribution in [0.4, 0.5) is 0 Å². The smallest absolute Gasteiger partial charge is 0.222 e. The lowest BCUT2D eigenvalue weighted by molar-refractivity contribution is -0.136. The van der Waals surface area contributed by atoms with Crippen LogP contribution in [0, 0.1) is 11.8 Å². The fraction of sp³-hybridized carbons (Fsp3) is 0.556. The fourth-order valence-electron chi connectivity index (χ4n) is 3.26. The lowest BCUT2D eigenvalue weighted by Gasteiger charge is -2.38. The maximum atomic E-state index is 12.3. The first-order valence-corrected chi connectivity index (χ1v) is 8.87. The summed E-state index contributed by atoms with van der Waals surface area (Å²) in [5.74, 6) is 0.981. The number of halogens is 1. The molecule has 1 heterocycles. The molecular weight excluding hydrogens is 328 g/mol. The molecule has 2 N–H and O–H groups in total. The molecule has 3 rings (SSSR count). The molecule has 2 fully saturated rings. The lowest BCUT2D eigenvalue weighted by Crippen LogP contribution is -2.49. The second-order valence-electron chi connectivity index (χ2n) is 6.82. The van der Waals surface area contributed by atoms with Gasteiger partial charge in [-0.2, -0.15) is 0 Å². The van der Waals surface area contributed by atoms with E-state index in [1.165, 1.54) is 0 Å². The van der Waals surface area contributed by atoms with Crippen molar-refractivity contribution < 1.29 is 14.3 Å². The Bertz CT molecular complexity index is 618. The second kappa shape index (κ2) is 7.43. The van der Waals surface area contributed by atoms with Crippen molar-refractivity contribution in [2.45, 2.75) is 38.2 Å². The van der Waals surface area contributed by atoms with E-state index in [0.29, 0.717) is 42.6 Å². The van der Waals surface area contributed by atoms with E-state index in [1.807, 2.05) is 17.0 Å². The van der Waals surface area contributed by atoms with Gasteiger partial charge in [0, 0.05) is 43.3 Å². The third-order valence-corrected chi connectivity index (χ3v) is 4.96. The monoisotopic (exact) mass is 350 g/mol. The van der Waals surface area contributed by atoms with E-state index in [-0.39, 0.29) is 30.3 Å². The van der Waals surface area contributed by atoms with Crippen molar-refractivity contribution in [3.63, 3.8) is 0 Å². The number of ether oxygens (including phenoxy) is 1. The van der Waals surface area contributed by atoms with Gasteiger partial charge in [-0.05, 0) is 37.0 Å². The summed E-state index contributed by atoms with van der Waals surface area (Å²) in [6.45, 7) is 1.19. The van der Waals surface area contributed by atoms with Crippen molar-refractivity contribution in [3.05, 3.63) is 29.3 Å². The molecule has 1 saturated carbocycles. The maximum Gasteiger partial charge on any atom is 0.222 e. The molecule has 5 nitrogen and oxygen atoms in total. The van der Waals surface area contributed by atoms with Gasteiger partial charge in [-0.25, -0.2) is 0 Å². The number of rotatable bonds is 6. The number of primary amides is 1. The second-order valence-corrected chi connectivity index (χ2v) is 7.26. The Balaban J connectivity index is 1.64. The molecule has 1 aliphatic carbocycles. The topological polar surface area (TPSA) is 72.6 Å². The number of hydrogen-bond donors (Lipinski definition) is 1. The predicted molar refractivity (Wildman–Crippen MR) is 91.7 cm³/mol. The number of amides is 2. The lowest BCUT2D eigenvalue weighted by atomic mass is 9.90. The van der Waals surface area contributed by atoms with Crippen molar-refractivity contribution in [1.29, 1.82) is 0 Å². The Morgan fingerprint density at radius 2 is 2.04 bits per heavy atom. The van der Waals surface area contributed by atoms with Gasteiger partial charge in [0.1, 0.15) is 11.9 Å². The van der Waals surface area contributed by atoms with Crippen LogP contribution in [0.5, 0.6) is 5.75 Å². The molecular formula is C18H23ClN2O3. The summed E-state index contributed by atoms with van der Waals surface area (Å²) in [7, 11) is 0. The van der Waals surface area contributed by atoms with E-state index >= 15 is 0 Å². The average molecular weight is 351 g/mol. The van der Waals surface area contributed by atoms with Crippen LogP contribution >= 0.6 is 11.6 Å². The standard InChI is InChI=1S/C18H23ClN2O3/c19-14-2-1-3-15(10-14)24-16-6-7-21(11-13(16)9-17(20)22)18(23)8-12-4-5-12/h1-3,10,12-13,16H,4-9,11H2,(H2,20,22)/t13-,16-/m0/s1. The largest absolute Gasteiger partial charge is 0.490 e. The number of benzene rings is 1. The quantitative estimate of drug-likeness (QED) is 0.857. The molecule has 1 aliphatic heterocycles. The van der Waals surface area contributed by atoms with Crippen LogP contribution in [0.3, 0.4) is 0 Å². The minimum absolute atomic E-state index is 0.0848. The van der Waals surface area contributed by atoms with Crippen LogP contribution in [0.15, 0.2) is 24.3 Å². The Hall–Kier alpha value is -1.75. The molecule has 1 aromatic carbocycles. The van der Waals surface area contributed by atoms with Crippen LogP contribution in [0.1, 0.15) is 32.1 Å². The minimum atomic E-state index is -0.365. The first kappa shape index (κ1) is 17.1. The zero-order valence-electron chi connectivity index (χ0n) is 13.6. The van der Waals surface area contributed by atoms with E-state index in [1.54, 1.807) is 12.1 Å². The number of carbonyl (C=O) groups is 2. The van der Waals surface area contributed by atoms with Crippen LogP contribution in [0.2, 0.25) is 5.02 Å². The number of piperidine rings is 1. The molecule has 1 aromatic rings. The summed E-state index contributed by atoms with van der Waals surface area (Å²) >= 11 is 6.00. The number of nitrogens with two attached hydrogens (primary N) is 1. The van der Waals surface area contributed by atoms with Crippen LogP contribution < -0.4 is 10.5 Å². The average Bonchev–Trinajstić information content (AvgIpc) is 3.32. The van der Waals surface area contributed by atoms with Crippen molar-refractivity contribution in [2.75, 3.05) is 13.1 Å². The summed E-state index contributed by atoms with van der Waals surface area (Å²) in [4.78, 5) is 25.6. The third-order valence-electron chi connectivity index (χ3n) is 4.72. The SMILES string of the molecule is NC(=O)C[C@H]1CN(C(=O)CC2CC2)CC[C@@H]1Oc1cccc(Cl)c1. The fourth-order valence-corrected chi connectivity index (χ4v) is 3.44. The van der Waals surface area contributed by atoms with Gasteiger partial charge in [0.2, 0.25) is 11.8 Å². The maximum absolute atomic E-state index is 12.3. The van der Waals surface area contributed by atoms with Crippen molar-refractivity contribution in [3.8, 4) is 5.75 Å². The highest BCUT2D eigenvalue weighted by atomic mass is 35.5. The summed E-state index contributed by atoms with van der Waals surface area (Å²) in [5.41, 5.74) is 5.40. The highest BCUT2D eigenvalue weighted by Gasteiger charge is 2.35. The van der Waals surface area contributed by atoms with E-state index in [9.17, 15) is 9.59 Å². The van der Waals surface area contributed by atoms with Crippen molar-refractivity contribution >= 4 is 23.4 Å². The molecule has 0 aromatic heterocycles. The molecule has 0 unspecified atom stereocenters. The van der Waals surface area contributed by atoms with Crippen molar-refractivity contribution in [2.24, 2.45) is 17.6 Å². The van der Waals surface area contributed by atoms with Crippen LogP contribution in [-0.4, -0.2) is 35.9 Å². The normalized spacial score (nSPS) is 23.8. The van der Waals surface area contributed by atoms with Gasteiger partial charge in [0.25, 0.3) is 0 Å². The van der Waals surface area contributed by atoms with Gasteiger partial charge < -0.3 is 15.4 Å². The molecule has 0 spiro atoms. The molecule has 2 atom stereocenters. The summed E-state index contributed by atoms with van der Waals surface area (Å²) in [6, 6.07) is 7.22. The Labute approximate surface area is 147 Å². The first-order chi connectivity index (χ1) is 11.5. The van der Waals surface area contributed by atoms with Crippen molar-refractivity contribution in [1.82, 2.24) is 4.90 Å². The van der Waals surface area contributed by atoms with Gasteiger partial charge in [-0.15, -0.1) is 0 Å². The van der Waals surface area contributed by atoms with Gasteiger partial charge in [-0.3, -0.25) is 9.59 Å². The number of hydrogen-bond acceptors (Lipinski definition) is 3. The predicted octanol–water partition coefficient (Wildman–Crippen LogP) is 2.61. The number of likely N-dealkylation sites (tertiary alicyclic amines) is 1. The summed E-state index contributed by atoms with van der Waals surface area (Å²) < 4.78 is 6.04.